The van der Waals surface area contributed by atoms with Gasteiger partial charge < -0.3 is 9.64 Å². The Morgan fingerprint density at radius 3 is 1.40 bits per heavy atom. The third-order valence-electron chi connectivity index (χ3n) is 1.91. The first-order valence-electron chi connectivity index (χ1n) is 6.49. The summed E-state index contributed by atoms with van der Waals surface area (Å²) in [4.78, 5) is 2.36. The summed E-state index contributed by atoms with van der Waals surface area (Å²) >= 11 is 0. The zero-order valence-electron chi connectivity index (χ0n) is 11.5. The molecule has 0 saturated heterocycles. The number of ether oxygens (including phenoxy) is 1. The fraction of sp³-hybridized carbons (Fsp3) is 1.00. The van der Waals surface area contributed by atoms with Gasteiger partial charge >= 0.3 is 0 Å². The van der Waals surface area contributed by atoms with E-state index in [1.807, 2.05) is 0 Å². The van der Waals surface area contributed by atoms with E-state index in [9.17, 15) is 0 Å². The first-order valence-corrected chi connectivity index (χ1v) is 6.49. The predicted octanol–water partition coefficient (Wildman–Crippen LogP) is 3.56. The highest BCUT2D eigenvalue weighted by atomic mass is 16.5. The van der Waals surface area contributed by atoms with Crippen LogP contribution in [0.2, 0.25) is 0 Å². The smallest absolute Gasteiger partial charge is 0.0463 e. The van der Waals surface area contributed by atoms with Gasteiger partial charge in [0.05, 0.1) is 0 Å². The molecule has 0 aliphatic rings. The van der Waals surface area contributed by atoms with Crippen molar-refractivity contribution in [1.29, 1.82) is 0 Å². The molecule has 0 heterocycles. The predicted molar refractivity (Wildman–Crippen MR) is 69.5 cm³/mol. The van der Waals surface area contributed by atoms with Gasteiger partial charge in [-0.15, -0.1) is 0 Å². The standard InChI is InChI=1S/C7H17N.C6H14O/c1-4-6-8(3)7-5-2;1-3-5-7-6-4-2/h4-7H2,1-3H3;3-6H2,1-2H3. The van der Waals surface area contributed by atoms with Gasteiger partial charge in [-0.2, -0.15) is 0 Å². The zero-order valence-corrected chi connectivity index (χ0v) is 11.5. The Hall–Kier alpha value is -0.0800. The Balaban J connectivity index is 0. The molecule has 0 rings (SSSR count). The first kappa shape index (κ1) is 17.3. The number of hydrogen-bond donors (Lipinski definition) is 0. The van der Waals surface area contributed by atoms with Crippen LogP contribution in [0.25, 0.3) is 0 Å². The van der Waals surface area contributed by atoms with Crippen LogP contribution >= 0.6 is 0 Å². The molecule has 0 amide bonds. The molecule has 2 nitrogen and oxygen atoms in total. The molecule has 0 aromatic heterocycles. The van der Waals surface area contributed by atoms with E-state index < -0.39 is 0 Å². The van der Waals surface area contributed by atoms with Crippen molar-refractivity contribution in [2.75, 3.05) is 33.4 Å². The van der Waals surface area contributed by atoms with Crippen molar-refractivity contribution in [3.05, 3.63) is 0 Å². The van der Waals surface area contributed by atoms with Crippen molar-refractivity contribution in [2.24, 2.45) is 0 Å². The molecule has 0 aromatic carbocycles. The number of nitrogens with zero attached hydrogens (tertiary/aromatic N) is 1. The average molecular weight is 217 g/mol. The second kappa shape index (κ2) is 16.4. The second-order valence-electron chi connectivity index (χ2n) is 3.92. The van der Waals surface area contributed by atoms with Crippen LogP contribution in [-0.4, -0.2) is 38.3 Å². The molecule has 0 aliphatic heterocycles. The van der Waals surface area contributed by atoms with E-state index >= 15 is 0 Å². The summed E-state index contributed by atoms with van der Waals surface area (Å²) in [5.41, 5.74) is 0. The van der Waals surface area contributed by atoms with Gasteiger partial charge in [0.1, 0.15) is 0 Å². The molecule has 15 heavy (non-hydrogen) atoms. The Bertz CT molecular complexity index is 86.5. The minimum absolute atomic E-state index is 0.924. The summed E-state index contributed by atoms with van der Waals surface area (Å²) in [6, 6.07) is 0. The minimum atomic E-state index is 0.924. The zero-order chi connectivity index (χ0) is 11.9. The number of rotatable bonds is 8. The van der Waals surface area contributed by atoms with E-state index in [0.29, 0.717) is 0 Å². The van der Waals surface area contributed by atoms with Crippen LogP contribution in [0.4, 0.5) is 0 Å². The fourth-order valence-electron chi connectivity index (χ4n) is 1.27. The molecule has 0 spiro atoms. The van der Waals surface area contributed by atoms with Crippen molar-refractivity contribution in [2.45, 2.75) is 53.4 Å². The molecule has 0 atom stereocenters. The third kappa shape index (κ3) is 20.1. The topological polar surface area (TPSA) is 12.5 Å². The van der Waals surface area contributed by atoms with Crippen LogP contribution in [0.5, 0.6) is 0 Å². The van der Waals surface area contributed by atoms with Crippen LogP contribution in [-0.2, 0) is 4.74 Å². The Labute approximate surface area is 97.0 Å². The van der Waals surface area contributed by atoms with Crippen LogP contribution in [0.3, 0.4) is 0 Å². The Morgan fingerprint density at radius 2 is 1.13 bits per heavy atom. The Kier molecular flexibility index (Phi) is 18.9. The molecule has 0 N–H and O–H groups in total. The lowest BCUT2D eigenvalue weighted by molar-refractivity contribution is 0.135. The van der Waals surface area contributed by atoms with Crippen molar-refractivity contribution in [3.8, 4) is 0 Å². The highest BCUT2D eigenvalue weighted by Crippen LogP contribution is 1.87. The van der Waals surface area contributed by atoms with Gasteiger partial charge in [0, 0.05) is 13.2 Å². The summed E-state index contributed by atoms with van der Waals surface area (Å²) in [6.07, 6.45) is 4.83. The highest BCUT2D eigenvalue weighted by Gasteiger charge is 1.90. The normalized spacial score (nSPS) is 10.0. The molecule has 0 bridgehead atoms. The lowest BCUT2D eigenvalue weighted by Crippen LogP contribution is -2.19. The average Bonchev–Trinajstić information content (AvgIpc) is 2.20. The van der Waals surface area contributed by atoms with Crippen molar-refractivity contribution < 1.29 is 4.74 Å². The van der Waals surface area contributed by atoms with Crippen LogP contribution < -0.4 is 0 Å². The van der Waals surface area contributed by atoms with Crippen LogP contribution in [0.1, 0.15) is 53.4 Å². The summed E-state index contributed by atoms with van der Waals surface area (Å²) in [6.45, 7) is 13.0. The maximum atomic E-state index is 5.13. The highest BCUT2D eigenvalue weighted by molar-refractivity contribution is 4.45. The summed E-state index contributed by atoms with van der Waals surface area (Å²) in [5.74, 6) is 0. The Morgan fingerprint density at radius 1 is 0.733 bits per heavy atom. The molecule has 2 heteroatoms. The molecule has 0 unspecified atom stereocenters. The van der Waals surface area contributed by atoms with Crippen LogP contribution in [0, 0.1) is 0 Å². The van der Waals surface area contributed by atoms with Gasteiger partial charge in [-0.25, -0.2) is 0 Å². The number of hydrogen-bond acceptors (Lipinski definition) is 2. The first-order chi connectivity index (χ1) is 7.22. The third-order valence-corrected chi connectivity index (χ3v) is 1.91. The lowest BCUT2D eigenvalue weighted by atomic mass is 10.4. The van der Waals surface area contributed by atoms with Gasteiger partial charge in [-0.3, -0.25) is 0 Å². The fourth-order valence-corrected chi connectivity index (χ4v) is 1.27. The minimum Gasteiger partial charge on any atom is -0.381 e. The van der Waals surface area contributed by atoms with E-state index in [1.54, 1.807) is 0 Å². The maximum absolute atomic E-state index is 5.13. The van der Waals surface area contributed by atoms with E-state index in [1.165, 1.54) is 25.9 Å². The molecule has 0 radical (unpaired) electrons. The molecule has 0 fully saturated rings. The van der Waals surface area contributed by atoms with Gasteiger partial charge in [0.15, 0.2) is 0 Å². The maximum Gasteiger partial charge on any atom is 0.0463 e. The lowest BCUT2D eigenvalue weighted by Gasteiger charge is -2.12. The monoisotopic (exact) mass is 217 g/mol. The van der Waals surface area contributed by atoms with Crippen molar-refractivity contribution in [1.82, 2.24) is 4.90 Å². The van der Waals surface area contributed by atoms with Crippen molar-refractivity contribution in [3.63, 3.8) is 0 Å². The van der Waals surface area contributed by atoms with Gasteiger partial charge in [0.2, 0.25) is 0 Å². The second-order valence-corrected chi connectivity index (χ2v) is 3.92. The molecule has 0 aromatic rings. The van der Waals surface area contributed by atoms with E-state index in [-0.39, 0.29) is 0 Å². The van der Waals surface area contributed by atoms with Gasteiger partial charge in [-0.1, -0.05) is 27.7 Å². The van der Waals surface area contributed by atoms with Gasteiger partial charge in [0.25, 0.3) is 0 Å². The molecule has 94 valence electrons. The largest absolute Gasteiger partial charge is 0.381 e. The van der Waals surface area contributed by atoms with Crippen LogP contribution in [0.15, 0.2) is 0 Å². The van der Waals surface area contributed by atoms with Crippen molar-refractivity contribution >= 4 is 0 Å². The quantitative estimate of drug-likeness (QED) is 0.576. The van der Waals surface area contributed by atoms with E-state index in [4.69, 9.17) is 4.74 Å². The molecular weight excluding hydrogens is 186 g/mol. The summed E-state index contributed by atoms with van der Waals surface area (Å²) < 4.78 is 5.13. The van der Waals surface area contributed by atoms with E-state index in [2.05, 4.69) is 39.6 Å². The molecular formula is C13H31NO. The van der Waals surface area contributed by atoms with Gasteiger partial charge in [-0.05, 0) is 45.8 Å². The molecule has 0 aliphatic carbocycles. The summed E-state index contributed by atoms with van der Waals surface area (Å²) in [5, 5.41) is 0. The summed E-state index contributed by atoms with van der Waals surface area (Å²) in [7, 11) is 2.17. The SMILES string of the molecule is CCCN(C)CCC.CCCOCCC. The van der Waals surface area contributed by atoms with E-state index in [0.717, 1.165) is 26.1 Å². The molecule has 0 saturated carbocycles.